The first kappa shape index (κ1) is 34.5. The summed E-state index contributed by atoms with van der Waals surface area (Å²) in [5, 5.41) is 3.12. The highest BCUT2D eigenvalue weighted by Gasteiger charge is 2.34. The fourth-order valence-corrected chi connectivity index (χ4v) is 6.16. The van der Waals surface area contributed by atoms with Gasteiger partial charge in [0.2, 0.25) is 11.8 Å². The van der Waals surface area contributed by atoms with Crippen LogP contribution in [-0.2, 0) is 26.2 Å². The lowest BCUT2D eigenvalue weighted by Crippen LogP contribution is -2.51. The van der Waals surface area contributed by atoms with Crippen LogP contribution in [0.5, 0.6) is 17.2 Å². The van der Waals surface area contributed by atoms with Crippen molar-refractivity contribution in [1.29, 1.82) is 0 Å². The van der Waals surface area contributed by atoms with E-state index in [9.17, 15) is 18.0 Å². The molecule has 2 amide bonds. The van der Waals surface area contributed by atoms with E-state index in [4.69, 9.17) is 25.8 Å². The lowest BCUT2D eigenvalue weighted by Gasteiger charge is -2.32. The molecular weight excluding hydrogens is 606 g/mol. The highest BCUT2D eigenvalue weighted by molar-refractivity contribution is 7.92. The summed E-state index contributed by atoms with van der Waals surface area (Å²) in [4.78, 5) is 28.6. The minimum Gasteiger partial charge on any atom is -0.495 e. The number of benzene rings is 3. The van der Waals surface area contributed by atoms with Crippen LogP contribution in [-0.4, -0.2) is 65.6 Å². The van der Waals surface area contributed by atoms with Crippen molar-refractivity contribution in [2.45, 2.75) is 51.1 Å². The first-order chi connectivity index (χ1) is 21.0. The Hall–Kier alpha value is -3.96. The predicted octanol–water partition coefficient (Wildman–Crippen LogP) is 5.20. The monoisotopic (exact) mass is 645 g/mol. The van der Waals surface area contributed by atoms with Gasteiger partial charge in [-0.1, -0.05) is 49.2 Å². The molecule has 0 aliphatic heterocycles. The van der Waals surface area contributed by atoms with Gasteiger partial charge in [0.1, 0.15) is 18.3 Å². The molecule has 3 aromatic carbocycles. The van der Waals surface area contributed by atoms with Crippen LogP contribution in [0, 0.1) is 6.92 Å². The number of unbranched alkanes of at least 4 members (excludes halogenated alkanes) is 1. The summed E-state index contributed by atoms with van der Waals surface area (Å²) in [5.41, 5.74) is 1.80. The van der Waals surface area contributed by atoms with Gasteiger partial charge >= 0.3 is 0 Å². The molecule has 1 atom stereocenters. The summed E-state index contributed by atoms with van der Waals surface area (Å²) in [5.74, 6) is -0.229. The van der Waals surface area contributed by atoms with E-state index < -0.39 is 28.5 Å². The number of anilines is 1. The number of rotatable bonds is 15. The number of hydrogen-bond acceptors (Lipinski definition) is 7. The first-order valence-electron chi connectivity index (χ1n) is 14.2. The maximum Gasteiger partial charge on any atom is 0.265 e. The van der Waals surface area contributed by atoms with Crippen molar-refractivity contribution in [2.75, 3.05) is 38.7 Å². The van der Waals surface area contributed by atoms with Gasteiger partial charge in [0, 0.05) is 24.2 Å². The molecule has 0 spiro atoms. The van der Waals surface area contributed by atoms with Crippen LogP contribution in [0.1, 0.15) is 37.8 Å². The van der Waals surface area contributed by atoms with E-state index in [1.165, 1.54) is 56.6 Å². The highest BCUT2D eigenvalue weighted by atomic mass is 35.5. The van der Waals surface area contributed by atoms with E-state index in [0.29, 0.717) is 12.3 Å². The molecule has 0 saturated heterocycles. The van der Waals surface area contributed by atoms with E-state index in [1.54, 1.807) is 13.0 Å². The van der Waals surface area contributed by atoms with Gasteiger partial charge in [-0.05, 0) is 61.7 Å². The highest BCUT2D eigenvalue weighted by Crippen LogP contribution is 2.37. The van der Waals surface area contributed by atoms with Gasteiger partial charge in [0.05, 0.1) is 31.9 Å². The van der Waals surface area contributed by atoms with Gasteiger partial charge < -0.3 is 24.4 Å². The Bertz CT molecular complexity index is 1570. The van der Waals surface area contributed by atoms with Crippen LogP contribution in [0.4, 0.5) is 5.69 Å². The molecule has 0 aromatic heterocycles. The van der Waals surface area contributed by atoms with Crippen molar-refractivity contribution >= 4 is 39.1 Å². The van der Waals surface area contributed by atoms with E-state index in [1.807, 2.05) is 38.1 Å². The number of carbonyl (C=O) groups is 2. The van der Waals surface area contributed by atoms with Crippen LogP contribution in [0.3, 0.4) is 0 Å². The van der Waals surface area contributed by atoms with Crippen LogP contribution >= 0.6 is 11.6 Å². The normalized spacial score (nSPS) is 11.8. The maximum atomic E-state index is 14.3. The molecule has 3 aromatic rings. The number of halogens is 1. The average Bonchev–Trinajstić information content (AvgIpc) is 3.02. The molecular formula is C32H40ClN3O7S. The second-order valence-corrected chi connectivity index (χ2v) is 12.4. The quantitative estimate of drug-likeness (QED) is 0.226. The molecule has 0 saturated carbocycles. The minimum atomic E-state index is -4.42. The number of nitrogens with zero attached hydrogens (tertiary/aromatic N) is 2. The fraction of sp³-hybridized carbons (Fsp3) is 0.375. The molecule has 238 valence electrons. The number of hydrogen-bond donors (Lipinski definition) is 1. The Morgan fingerprint density at radius 1 is 0.932 bits per heavy atom. The van der Waals surface area contributed by atoms with Crippen molar-refractivity contribution < 1.29 is 32.2 Å². The summed E-state index contributed by atoms with van der Waals surface area (Å²) < 4.78 is 45.7. The van der Waals surface area contributed by atoms with E-state index in [2.05, 4.69) is 5.32 Å². The molecule has 0 unspecified atom stereocenters. The Morgan fingerprint density at radius 3 is 2.23 bits per heavy atom. The smallest absolute Gasteiger partial charge is 0.265 e. The van der Waals surface area contributed by atoms with Crippen molar-refractivity contribution in [3.63, 3.8) is 0 Å². The molecule has 0 radical (unpaired) electrons. The summed E-state index contributed by atoms with van der Waals surface area (Å²) in [6.07, 6.45) is 1.68. The molecule has 12 heteroatoms. The SMILES string of the molecule is CCCCNC(=O)[C@H](C)N(Cc1ccccc1C)C(=O)CN(c1cc(Cl)ccc1OC)S(=O)(=O)c1ccc(OC)c(OC)c1. The second-order valence-electron chi connectivity index (χ2n) is 10.1. The Balaban J connectivity index is 2.13. The number of amides is 2. The largest absolute Gasteiger partial charge is 0.495 e. The third-order valence-corrected chi connectivity index (χ3v) is 9.22. The molecule has 44 heavy (non-hydrogen) atoms. The van der Waals surface area contributed by atoms with Crippen molar-refractivity contribution in [3.8, 4) is 17.2 Å². The Morgan fingerprint density at radius 2 is 1.59 bits per heavy atom. The topological polar surface area (TPSA) is 114 Å². The molecule has 10 nitrogen and oxygen atoms in total. The van der Waals surface area contributed by atoms with Gasteiger partial charge in [0.15, 0.2) is 11.5 Å². The number of nitrogens with one attached hydrogen (secondary N) is 1. The third kappa shape index (κ3) is 8.15. The van der Waals surface area contributed by atoms with Gasteiger partial charge in [-0.2, -0.15) is 0 Å². The van der Waals surface area contributed by atoms with E-state index >= 15 is 0 Å². The average molecular weight is 646 g/mol. The van der Waals surface area contributed by atoms with Crippen LogP contribution in [0.25, 0.3) is 0 Å². The minimum absolute atomic E-state index is 0.0547. The number of ether oxygens (including phenoxy) is 3. The van der Waals surface area contributed by atoms with Crippen molar-refractivity contribution in [1.82, 2.24) is 10.2 Å². The zero-order chi connectivity index (χ0) is 32.4. The predicted molar refractivity (Wildman–Crippen MR) is 171 cm³/mol. The molecule has 0 aliphatic carbocycles. The lowest BCUT2D eigenvalue weighted by molar-refractivity contribution is -0.139. The summed E-state index contributed by atoms with van der Waals surface area (Å²) >= 11 is 6.32. The van der Waals surface area contributed by atoms with E-state index in [-0.39, 0.29) is 39.6 Å². The van der Waals surface area contributed by atoms with Crippen molar-refractivity contribution in [3.05, 3.63) is 76.8 Å². The molecule has 3 rings (SSSR count). The van der Waals surface area contributed by atoms with E-state index in [0.717, 1.165) is 28.3 Å². The fourth-order valence-electron chi connectivity index (χ4n) is 4.57. The van der Waals surface area contributed by atoms with Crippen molar-refractivity contribution in [2.24, 2.45) is 0 Å². The van der Waals surface area contributed by atoms with Gasteiger partial charge in [-0.15, -0.1) is 0 Å². The first-order valence-corrected chi connectivity index (χ1v) is 16.0. The van der Waals surface area contributed by atoms with Gasteiger partial charge in [-0.25, -0.2) is 8.42 Å². The zero-order valence-corrected chi connectivity index (χ0v) is 27.5. The Kier molecular flexibility index (Phi) is 12.3. The van der Waals surface area contributed by atoms with Gasteiger partial charge in [0.25, 0.3) is 10.0 Å². The van der Waals surface area contributed by atoms with Crippen LogP contribution in [0.2, 0.25) is 5.02 Å². The summed E-state index contributed by atoms with van der Waals surface area (Å²) in [7, 11) is -0.196. The third-order valence-electron chi connectivity index (χ3n) is 7.23. The molecule has 0 aliphatic rings. The lowest BCUT2D eigenvalue weighted by atomic mass is 10.1. The second kappa shape index (κ2) is 15.7. The number of methoxy groups -OCH3 is 3. The van der Waals surface area contributed by atoms with Crippen LogP contribution in [0.15, 0.2) is 65.6 Å². The molecule has 0 heterocycles. The van der Waals surface area contributed by atoms with Gasteiger partial charge in [-0.3, -0.25) is 13.9 Å². The molecule has 1 N–H and O–H groups in total. The number of aryl methyl sites for hydroxylation is 1. The molecule has 0 bridgehead atoms. The zero-order valence-electron chi connectivity index (χ0n) is 25.9. The molecule has 0 fully saturated rings. The number of carbonyl (C=O) groups excluding carboxylic acids is 2. The summed E-state index contributed by atoms with van der Waals surface area (Å²) in [6, 6.07) is 15.3. The Labute approximate surface area is 264 Å². The standard InChI is InChI=1S/C32H40ClN3O7S/c1-7-8-17-34-32(38)23(3)35(20-24-12-10-9-11-22(24)2)31(37)21-36(27-18-25(33)13-15-28(27)41-4)44(39,40)26-14-16-29(42-5)30(19-26)43-6/h9-16,18-19,23H,7-8,17,20-21H2,1-6H3,(H,34,38)/t23-/m0/s1. The van der Waals surface area contributed by atoms with Crippen LogP contribution < -0.4 is 23.8 Å². The number of sulfonamides is 1. The maximum absolute atomic E-state index is 14.3. The summed E-state index contributed by atoms with van der Waals surface area (Å²) in [6.45, 7) is 5.46.